The van der Waals surface area contributed by atoms with Crippen molar-refractivity contribution in [3.63, 3.8) is 0 Å². The Hall–Kier alpha value is -0.120. The Bertz CT molecular complexity index is 216. The van der Waals surface area contributed by atoms with Crippen LogP contribution >= 0.6 is 0 Å². The molecule has 0 amide bonds. The summed E-state index contributed by atoms with van der Waals surface area (Å²) < 4.78 is 0. The zero-order chi connectivity index (χ0) is 12.1. The molecule has 2 rings (SSSR count). The monoisotopic (exact) mass is 239 g/mol. The van der Waals surface area contributed by atoms with Gasteiger partial charge < -0.3 is 10.2 Å². The summed E-state index contributed by atoms with van der Waals surface area (Å²) in [5.74, 6) is 0. The summed E-state index contributed by atoms with van der Waals surface area (Å²) in [7, 11) is 0. The van der Waals surface area contributed by atoms with E-state index in [4.69, 9.17) is 0 Å². The molecule has 0 aromatic carbocycles. The van der Waals surface area contributed by atoms with Crippen LogP contribution in [0.2, 0.25) is 0 Å². The molecule has 0 aliphatic carbocycles. The first-order valence-electron chi connectivity index (χ1n) is 7.54. The van der Waals surface area contributed by atoms with E-state index in [0.29, 0.717) is 0 Å². The molecular formula is C14H29N3. The summed E-state index contributed by atoms with van der Waals surface area (Å²) in [5, 5.41) is 3.41. The maximum absolute atomic E-state index is 3.41. The van der Waals surface area contributed by atoms with Crippen LogP contribution < -0.4 is 5.32 Å². The second-order valence-corrected chi connectivity index (χ2v) is 5.57. The van der Waals surface area contributed by atoms with Crippen LogP contribution in [-0.2, 0) is 0 Å². The first kappa shape index (κ1) is 13.3. The number of nitrogens with one attached hydrogen (secondary N) is 1. The van der Waals surface area contributed by atoms with Crippen molar-refractivity contribution in [2.75, 3.05) is 39.3 Å². The highest BCUT2D eigenvalue weighted by Crippen LogP contribution is 2.20. The number of hydrogen-bond acceptors (Lipinski definition) is 3. The molecule has 0 saturated carbocycles. The van der Waals surface area contributed by atoms with E-state index in [1.807, 2.05) is 0 Å². The van der Waals surface area contributed by atoms with Crippen molar-refractivity contribution in [1.29, 1.82) is 0 Å². The molecule has 0 spiro atoms. The number of hydrogen-bond donors (Lipinski definition) is 1. The Morgan fingerprint density at radius 2 is 1.94 bits per heavy atom. The van der Waals surface area contributed by atoms with Gasteiger partial charge in [0.1, 0.15) is 0 Å². The van der Waals surface area contributed by atoms with E-state index in [1.165, 1.54) is 65.0 Å². The fourth-order valence-electron chi connectivity index (χ4n) is 3.33. The summed E-state index contributed by atoms with van der Waals surface area (Å²) in [6.07, 6.45) is 5.48. The van der Waals surface area contributed by atoms with Gasteiger partial charge in [-0.25, -0.2) is 0 Å². The Morgan fingerprint density at radius 3 is 2.53 bits per heavy atom. The Kier molecular flexibility index (Phi) is 5.26. The van der Waals surface area contributed by atoms with Crippen LogP contribution in [0, 0.1) is 0 Å². The van der Waals surface area contributed by atoms with Gasteiger partial charge in [-0.05, 0) is 51.9 Å². The Labute approximate surface area is 107 Å². The number of likely N-dealkylation sites (N-methyl/N-ethyl adjacent to an activating group) is 1. The van der Waals surface area contributed by atoms with E-state index in [1.54, 1.807) is 0 Å². The summed E-state index contributed by atoms with van der Waals surface area (Å²) in [4.78, 5) is 5.42. The third-order valence-electron chi connectivity index (χ3n) is 4.39. The topological polar surface area (TPSA) is 18.5 Å². The van der Waals surface area contributed by atoms with Gasteiger partial charge in [0.2, 0.25) is 0 Å². The van der Waals surface area contributed by atoms with Crippen LogP contribution in [0.15, 0.2) is 0 Å². The van der Waals surface area contributed by atoms with Crippen LogP contribution in [0.25, 0.3) is 0 Å². The fraction of sp³-hybridized carbons (Fsp3) is 1.00. The largest absolute Gasteiger partial charge is 0.314 e. The Balaban J connectivity index is 1.83. The molecule has 2 fully saturated rings. The molecule has 1 atom stereocenters. The van der Waals surface area contributed by atoms with Gasteiger partial charge in [-0.1, -0.05) is 13.8 Å². The zero-order valence-electron chi connectivity index (χ0n) is 11.6. The zero-order valence-corrected chi connectivity index (χ0v) is 11.6. The predicted octanol–water partition coefficient (Wildman–Crippen LogP) is 1.54. The summed E-state index contributed by atoms with van der Waals surface area (Å²) >= 11 is 0. The number of likely N-dealkylation sites (tertiary alicyclic amines) is 1. The quantitative estimate of drug-likeness (QED) is 0.785. The molecule has 2 heterocycles. The van der Waals surface area contributed by atoms with Crippen molar-refractivity contribution in [1.82, 2.24) is 15.1 Å². The average Bonchev–Trinajstić information content (AvgIpc) is 2.49. The third-order valence-corrected chi connectivity index (χ3v) is 4.39. The molecule has 0 bridgehead atoms. The molecule has 2 aliphatic rings. The highest BCUT2D eigenvalue weighted by molar-refractivity contribution is 4.89. The second-order valence-electron chi connectivity index (χ2n) is 5.57. The summed E-state index contributed by atoms with van der Waals surface area (Å²) in [5.41, 5.74) is 0. The minimum absolute atomic E-state index is 0.822. The minimum Gasteiger partial charge on any atom is -0.314 e. The van der Waals surface area contributed by atoms with Crippen LogP contribution in [0.4, 0.5) is 0 Å². The van der Waals surface area contributed by atoms with Crippen molar-refractivity contribution in [2.24, 2.45) is 0 Å². The van der Waals surface area contributed by atoms with E-state index in [0.717, 1.165) is 12.1 Å². The summed E-state index contributed by atoms with van der Waals surface area (Å²) in [6, 6.07) is 1.66. The third kappa shape index (κ3) is 3.43. The molecular weight excluding hydrogens is 210 g/mol. The van der Waals surface area contributed by atoms with Gasteiger partial charge in [0.15, 0.2) is 0 Å². The van der Waals surface area contributed by atoms with E-state index in [2.05, 4.69) is 29.0 Å². The smallest absolute Gasteiger partial charge is 0.0348 e. The maximum atomic E-state index is 3.41. The second kappa shape index (κ2) is 6.72. The highest BCUT2D eigenvalue weighted by Gasteiger charge is 2.30. The maximum Gasteiger partial charge on any atom is 0.0348 e. The molecule has 1 unspecified atom stereocenters. The van der Waals surface area contributed by atoms with Crippen molar-refractivity contribution in [2.45, 2.75) is 51.6 Å². The van der Waals surface area contributed by atoms with Crippen LogP contribution in [0.5, 0.6) is 0 Å². The van der Waals surface area contributed by atoms with Crippen LogP contribution in [0.1, 0.15) is 39.5 Å². The van der Waals surface area contributed by atoms with Crippen molar-refractivity contribution in [3.8, 4) is 0 Å². The number of rotatable bonds is 5. The van der Waals surface area contributed by atoms with Crippen molar-refractivity contribution >= 4 is 0 Å². The standard InChI is InChI=1S/C14H29N3/c1-3-8-16-9-5-6-13(7-10-16)17(4-2)14-11-15-12-14/h13-15H,3-12H2,1-2H3. The lowest BCUT2D eigenvalue weighted by molar-refractivity contribution is 0.0917. The molecule has 1 N–H and O–H groups in total. The number of nitrogens with zero attached hydrogens (tertiary/aromatic N) is 2. The van der Waals surface area contributed by atoms with Crippen molar-refractivity contribution < 1.29 is 0 Å². The molecule has 100 valence electrons. The van der Waals surface area contributed by atoms with E-state index in [-0.39, 0.29) is 0 Å². The van der Waals surface area contributed by atoms with Gasteiger partial charge in [-0.2, -0.15) is 0 Å². The lowest BCUT2D eigenvalue weighted by Crippen LogP contribution is -2.59. The van der Waals surface area contributed by atoms with Gasteiger partial charge in [-0.3, -0.25) is 4.90 Å². The molecule has 17 heavy (non-hydrogen) atoms. The minimum atomic E-state index is 0.822. The van der Waals surface area contributed by atoms with Crippen LogP contribution in [-0.4, -0.2) is 61.2 Å². The SMILES string of the molecule is CCCN1CCCC(N(CC)C2CNC2)CC1. The molecule has 3 nitrogen and oxygen atoms in total. The van der Waals surface area contributed by atoms with Crippen LogP contribution in [0.3, 0.4) is 0 Å². The molecule has 3 heteroatoms. The predicted molar refractivity (Wildman–Crippen MR) is 73.4 cm³/mol. The van der Waals surface area contributed by atoms with Crippen molar-refractivity contribution in [3.05, 3.63) is 0 Å². The van der Waals surface area contributed by atoms with Gasteiger partial charge in [0.25, 0.3) is 0 Å². The van der Waals surface area contributed by atoms with Gasteiger partial charge in [0, 0.05) is 25.2 Å². The summed E-state index contributed by atoms with van der Waals surface area (Å²) in [6.45, 7) is 12.2. The Morgan fingerprint density at radius 1 is 1.12 bits per heavy atom. The first-order chi connectivity index (χ1) is 8.35. The van der Waals surface area contributed by atoms with Gasteiger partial charge in [-0.15, -0.1) is 0 Å². The van der Waals surface area contributed by atoms with Gasteiger partial charge in [0.05, 0.1) is 0 Å². The molecule has 2 aliphatic heterocycles. The molecule has 0 radical (unpaired) electrons. The van der Waals surface area contributed by atoms with E-state index in [9.17, 15) is 0 Å². The lowest BCUT2D eigenvalue weighted by Gasteiger charge is -2.42. The molecule has 0 aromatic rings. The highest BCUT2D eigenvalue weighted by atomic mass is 15.3. The van der Waals surface area contributed by atoms with E-state index >= 15 is 0 Å². The normalized spacial score (nSPS) is 28.1. The van der Waals surface area contributed by atoms with E-state index < -0.39 is 0 Å². The van der Waals surface area contributed by atoms with Gasteiger partial charge >= 0.3 is 0 Å². The first-order valence-corrected chi connectivity index (χ1v) is 7.54. The molecule has 0 aromatic heterocycles. The average molecular weight is 239 g/mol. The fourth-order valence-corrected chi connectivity index (χ4v) is 3.33. The lowest BCUT2D eigenvalue weighted by atomic mass is 10.0. The molecule has 2 saturated heterocycles.